The maximum Gasteiger partial charge on any atom is 0.281 e. The Morgan fingerprint density at radius 1 is 1.29 bits per heavy atom. The summed E-state index contributed by atoms with van der Waals surface area (Å²) in [7, 11) is -0.496. The van der Waals surface area contributed by atoms with Gasteiger partial charge in [0.25, 0.3) is 15.8 Å². The Morgan fingerprint density at radius 2 is 2.06 bits per heavy atom. The topological polar surface area (TPSA) is 118 Å². The molecule has 31 heavy (non-hydrogen) atoms. The van der Waals surface area contributed by atoms with Crippen LogP contribution in [-0.2, 0) is 34.5 Å². The van der Waals surface area contributed by atoms with Gasteiger partial charge in [0, 0.05) is 44.9 Å². The van der Waals surface area contributed by atoms with Gasteiger partial charge < -0.3 is 5.32 Å². The van der Waals surface area contributed by atoms with E-state index in [0.29, 0.717) is 29.0 Å². The maximum absolute atomic E-state index is 12.5. The zero-order chi connectivity index (χ0) is 22.2. The molecule has 12 heteroatoms. The van der Waals surface area contributed by atoms with Gasteiger partial charge in [-0.3, -0.25) is 14.2 Å². The third-order valence-electron chi connectivity index (χ3n) is 5.04. The van der Waals surface area contributed by atoms with Crippen LogP contribution in [0.2, 0.25) is 0 Å². The van der Waals surface area contributed by atoms with E-state index in [9.17, 15) is 18.0 Å². The van der Waals surface area contributed by atoms with E-state index in [1.54, 1.807) is 18.2 Å². The fraction of sp³-hybridized carbons (Fsp3) is 0.368. The highest BCUT2D eigenvalue weighted by Crippen LogP contribution is 2.29. The normalized spacial score (nSPS) is 14.7. The van der Waals surface area contributed by atoms with Gasteiger partial charge in [-0.25, -0.2) is 9.97 Å². The summed E-state index contributed by atoms with van der Waals surface area (Å²) in [6, 6.07) is 7.07. The first kappa shape index (κ1) is 21.6. The predicted octanol–water partition coefficient (Wildman–Crippen LogP) is 1.05. The minimum absolute atomic E-state index is 0.0886. The number of aromatic nitrogens is 3. The summed E-state index contributed by atoms with van der Waals surface area (Å²) in [5.74, 6) is -0.274. The summed E-state index contributed by atoms with van der Waals surface area (Å²) in [5.41, 5.74) is 1.23. The molecule has 0 spiro atoms. The van der Waals surface area contributed by atoms with Crippen LogP contribution in [-0.4, -0.2) is 58.1 Å². The number of aryl methyl sites for hydroxylation is 1. The molecule has 1 aliphatic rings. The maximum atomic E-state index is 12.5. The van der Waals surface area contributed by atoms with E-state index < -0.39 is 10.2 Å². The molecule has 1 aromatic carbocycles. The number of nitrogens with one attached hydrogen (secondary N) is 1. The van der Waals surface area contributed by atoms with Gasteiger partial charge in [-0.1, -0.05) is 12.1 Å². The zero-order valence-electron chi connectivity index (χ0n) is 17.1. The molecule has 2 aromatic heterocycles. The van der Waals surface area contributed by atoms with Crippen LogP contribution < -0.4 is 10.9 Å². The molecule has 1 amide bonds. The minimum atomic E-state index is -3.50. The highest BCUT2D eigenvalue weighted by Gasteiger charge is 2.30. The molecule has 0 bridgehead atoms. The zero-order valence-corrected chi connectivity index (χ0v) is 18.7. The molecule has 0 unspecified atom stereocenters. The van der Waals surface area contributed by atoms with Crippen LogP contribution in [0.25, 0.3) is 10.9 Å². The van der Waals surface area contributed by atoms with Gasteiger partial charge >= 0.3 is 0 Å². The molecular weight excluding hydrogens is 440 g/mol. The molecule has 3 heterocycles. The lowest BCUT2D eigenvalue weighted by Gasteiger charge is -2.27. The summed E-state index contributed by atoms with van der Waals surface area (Å²) in [6.45, 7) is 0.784. The molecular formula is C19H22N6O4S2. The summed E-state index contributed by atoms with van der Waals surface area (Å²) >= 11 is 1.27. The number of fused-ring (bicyclic) bond motifs is 2. The van der Waals surface area contributed by atoms with Crippen LogP contribution in [0.15, 0.2) is 35.4 Å². The van der Waals surface area contributed by atoms with Crippen molar-refractivity contribution in [3.05, 3.63) is 51.5 Å². The smallest absolute Gasteiger partial charge is 0.281 e. The molecule has 0 aliphatic carbocycles. The van der Waals surface area contributed by atoms with Crippen molar-refractivity contribution < 1.29 is 13.2 Å². The second-order valence-electron chi connectivity index (χ2n) is 7.32. The standard InChI is InChI=1S/C19H22N6O4S2/c1-23(2)31(28,29)25-10-7-15-16(11-25)30-19(21-15)22-17(26)8-9-24-12-20-14-6-4-3-5-13(14)18(24)27/h3-6,12H,7-11H2,1-2H3,(H,21,22,26). The first-order valence-electron chi connectivity index (χ1n) is 9.66. The number of hydrogen-bond donors (Lipinski definition) is 1. The van der Waals surface area contributed by atoms with Crippen molar-refractivity contribution in [3.63, 3.8) is 0 Å². The van der Waals surface area contributed by atoms with Gasteiger partial charge in [-0.2, -0.15) is 17.0 Å². The van der Waals surface area contributed by atoms with Crippen molar-refractivity contribution in [1.29, 1.82) is 0 Å². The van der Waals surface area contributed by atoms with Crippen LogP contribution in [0.5, 0.6) is 0 Å². The molecule has 0 radical (unpaired) electrons. The number of benzene rings is 1. The van der Waals surface area contributed by atoms with Crippen LogP contribution in [0.4, 0.5) is 5.13 Å². The number of hydrogen-bond acceptors (Lipinski definition) is 7. The van der Waals surface area contributed by atoms with Crippen molar-refractivity contribution in [3.8, 4) is 0 Å². The minimum Gasteiger partial charge on any atom is -0.302 e. The fourth-order valence-corrected chi connectivity index (χ4v) is 5.52. The third-order valence-corrected chi connectivity index (χ3v) is 7.93. The Kier molecular flexibility index (Phi) is 5.88. The van der Waals surface area contributed by atoms with Gasteiger partial charge in [-0.05, 0) is 12.1 Å². The number of rotatable bonds is 6. The summed E-state index contributed by atoms with van der Waals surface area (Å²) in [5, 5.41) is 3.70. The number of carbonyl (C=O) groups is 1. The Bertz CT molecular complexity index is 1300. The molecule has 1 N–H and O–H groups in total. The Hall–Kier alpha value is -2.67. The predicted molar refractivity (Wildman–Crippen MR) is 118 cm³/mol. The summed E-state index contributed by atoms with van der Waals surface area (Å²) in [6.07, 6.45) is 2.03. The van der Waals surface area contributed by atoms with Gasteiger partial charge in [0.1, 0.15) is 0 Å². The molecule has 1 aliphatic heterocycles. The van der Waals surface area contributed by atoms with Crippen molar-refractivity contribution >= 4 is 43.5 Å². The average molecular weight is 463 g/mol. The van der Waals surface area contributed by atoms with Gasteiger partial charge in [-0.15, -0.1) is 11.3 Å². The molecule has 3 aromatic rings. The first-order chi connectivity index (χ1) is 14.8. The van der Waals surface area contributed by atoms with Crippen LogP contribution in [0.1, 0.15) is 17.0 Å². The van der Waals surface area contributed by atoms with Crippen LogP contribution >= 0.6 is 11.3 Å². The Morgan fingerprint density at radius 3 is 2.84 bits per heavy atom. The summed E-state index contributed by atoms with van der Waals surface area (Å²) < 4.78 is 28.7. The van der Waals surface area contributed by atoms with E-state index in [0.717, 1.165) is 10.6 Å². The Balaban J connectivity index is 1.40. The van der Waals surface area contributed by atoms with Crippen LogP contribution in [0.3, 0.4) is 0 Å². The van der Waals surface area contributed by atoms with Crippen molar-refractivity contribution in [2.24, 2.45) is 0 Å². The molecule has 0 saturated heterocycles. The monoisotopic (exact) mass is 462 g/mol. The third kappa shape index (κ3) is 4.37. The second-order valence-corrected chi connectivity index (χ2v) is 10.5. The van der Waals surface area contributed by atoms with Crippen molar-refractivity contribution in [2.45, 2.75) is 25.9 Å². The highest BCUT2D eigenvalue weighted by molar-refractivity contribution is 7.86. The average Bonchev–Trinajstić information content (AvgIpc) is 3.14. The van der Waals surface area contributed by atoms with E-state index in [-0.39, 0.29) is 31.0 Å². The lowest BCUT2D eigenvalue weighted by Crippen LogP contribution is -2.42. The highest BCUT2D eigenvalue weighted by atomic mass is 32.2. The molecule has 10 nitrogen and oxygen atoms in total. The number of amides is 1. The van der Waals surface area contributed by atoms with Gasteiger partial charge in [0.15, 0.2) is 5.13 Å². The van der Waals surface area contributed by atoms with Gasteiger partial charge in [0.2, 0.25) is 5.91 Å². The summed E-state index contributed by atoms with van der Waals surface area (Å²) in [4.78, 5) is 34.4. The quantitative estimate of drug-likeness (QED) is 0.585. The van der Waals surface area contributed by atoms with E-state index in [1.165, 1.54) is 44.9 Å². The number of para-hydroxylation sites is 1. The van der Waals surface area contributed by atoms with E-state index in [4.69, 9.17) is 0 Å². The molecule has 0 atom stereocenters. The largest absolute Gasteiger partial charge is 0.302 e. The number of anilines is 1. The SMILES string of the molecule is CN(C)S(=O)(=O)N1CCc2nc(NC(=O)CCn3cnc4ccccc4c3=O)sc2C1. The van der Waals surface area contributed by atoms with Crippen molar-refractivity contribution in [2.75, 3.05) is 26.0 Å². The van der Waals surface area contributed by atoms with E-state index in [2.05, 4.69) is 15.3 Å². The molecule has 4 rings (SSSR count). The fourth-order valence-electron chi connectivity index (χ4n) is 3.32. The molecule has 0 fully saturated rings. The van der Waals surface area contributed by atoms with Crippen molar-refractivity contribution in [1.82, 2.24) is 23.1 Å². The number of carbonyl (C=O) groups excluding carboxylic acids is 1. The first-order valence-corrected chi connectivity index (χ1v) is 11.9. The lowest BCUT2D eigenvalue weighted by atomic mass is 10.2. The van der Waals surface area contributed by atoms with Gasteiger partial charge in [0.05, 0.1) is 29.5 Å². The number of thiazole rings is 1. The number of nitrogens with zero attached hydrogens (tertiary/aromatic N) is 5. The molecule has 0 saturated carbocycles. The second kappa shape index (κ2) is 8.46. The Labute approximate surface area is 183 Å². The molecule has 164 valence electrons. The van der Waals surface area contributed by atoms with E-state index in [1.807, 2.05) is 6.07 Å². The van der Waals surface area contributed by atoms with E-state index >= 15 is 0 Å². The lowest BCUT2D eigenvalue weighted by molar-refractivity contribution is -0.116. The van der Waals surface area contributed by atoms with Crippen LogP contribution in [0, 0.1) is 0 Å².